The minimum Gasteiger partial charge on any atom is -0.458 e. The molecule has 0 aliphatic rings. The van der Waals surface area contributed by atoms with E-state index in [2.05, 4.69) is 198 Å². The topological polar surface area (TPSA) is 40.8 Å². The van der Waals surface area contributed by atoms with Crippen LogP contribution in [0.15, 0.2) is 218 Å². The molecule has 0 bridgehead atoms. The average molecular weight is 1020 g/mol. The zero-order valence-corrected chi connectivity index (χ0v) is 45.3. The fraction of sp³-hybridized carbons (Fsp3) is 0.167. The molecule has 0 saturated carbocycles. The van der Waals surface area contributed by atoms with Gasteiger partial charge >= 0.3 is 0 Å². The third-order valence-electron chi connectivity index (χ3n) is 15.1. The number of pyridine rings is 1. The third kappa shape index (κ3) is 8.53. The van der Waals surface area contributed by atoms with Crippen molar-refractivity contribution in [3.8, 4) is 56.6 Å². The van der Waals surface area contributed by atoms with Crippen molar-refractivity contribution in [2.75, 3.05) is 0 Å². The maximum Gasteiger partial charge on any atom is 0.269 e. The SMILES string of the molecule is [2H]c1c([2H])c([2H])c(-c2cccc(-c3cc(C(C)(C)C)cc(C(C)(C)C)c3)c2-[n+]2[c-]n(-c3cccc(Oc4cc(-n5c6ccccc6c6ccccc65)c5c6ccccc6n(-c6cc(CC(C)C)ccn6)c5c4)c3)c3ccccc32)c([2H])c1[2H]. The van der Waals surface area contributed by atoms with E-state index in [4.69, 9.17) is 13.8 Å². The van der Waals surface area contributed by atoms with Gasteiger partial charge in [-0.05, 0) is 111 Å². The van der Waals surface area contributed by atoms with Gasteiger partial charge in [-0.25, -0.2) is 4.98 Å². The lowest BCUT2D eigenvalue weighted by Gasteiger charge is -2.27. The number of aromatic nitrogens is 5. The zero-order valence-electron chi connectivity index (χ0n) is 50.3. The first-order valence-electron chi connectivity index (χ1n) is 29.5. The molecular weight excluding hydrogens is 951 g/mol. The summed E-state index contributed by atoms with van der Waals surface area (Å²) in [6, 6.07) is 61.2. The van der Waals surface area contributed by atoms with Crippen LogP contribution in [0.1, 0.15) is 78.9 Å². The number of hydrogen-bond acceptors (Lipinski definition) is 2. The maximum atomic E-state index is 9.32. The molecule has 0 unspecified atom stereocenters. The predicted octanol–water partition coefficient (Wildman–Crippen LogP) is 18.2. The van der Waals surface area contributed by atoms with Crippen molar-refractivity contribution in [3.05, 3.63) is 241 Å². The second kappa shape index (κ2) is 18.9. The van der Waals surface area contributed by atoms with E-state index in [0.29, 0.717) is 28.7 Å². The van der Waals surface area contributed by atoms with Crippen LogP contribution in [0, 0.1) is 12.2 Å². The molecule has 0 atom stereocenters. The number of ether oxygens (including phenoxy) is 1. The number of benzene rings is 9. The molecule has 0 amide bonds. The summed E-state index contributed by atoms with van der Waals surface area (Å²) in [5.41, 5.74) is 13.6. The largest absolute Gasteiger partial charge is 0.458 e. The number of hydrogen-bond donors (Lipinski definition) is 0. The van der Waals surface area contributed by atoms with Gasteiger partial charge in [0.2, 0.25) is 0 Å². The lowest BCUT2D eigenvalue weighted by Crippen LogP contribution is -2.31. The summed E-state index contributed by atoms with van der Waals surface area (Å²) < 4.78 is 60.7. The number of nitrogens with zero attached hydrogens (tertiary/aromatic N) is 5. The van der Waals surface area contributed by atoms with Crippen LogP contribution in [0.4, 0.5) is 0 Å². The molecule has 6 heteroatoms. The van der Waals surface area contributed by atoms with Crippen molar-refractivity contribution in [1.29, 1.82) is 0 Å². The van der Waals surface area contributed by atoms with Crippen LogP contribution in [0.2, 0.25) is 0 Å². The van der Waals surface area contributed by atoms with Crippen LogP contribution < -0.4 is 9.30 Å². The molecule has 0 aliphatic carbocycles. The molecule has 382 valence electrons. The smallest absolute Gasteiger partial charge is 0.269 e. The summed E-state index contributed by atoms with van der Waals surface area (Å²) >= 11 is 0. The molecule has 4 aromatic heterocycles. The average Bonchev–Trinajstić information content (AvgIpc) is 3.59. The van der Waals surface area contributed by atoms with E-state index in [1.54, 1.807) is 0 Å². The molecule has 78 heavy (non-hydrogen) atoms. The summed E-state index contributed by atoms with van der Waals surface area (Å²) in [5, 5.41) is 4.49. The second-order valence-electron chi connectivity index (χ2n) is 23.0. The monoisotopic (exact) mass is 1020 g/mol. The number of para-hydroxylation sites is 6. The fourth-order valence-electron chi connectivity index (χ4n) is 11.4. The van der Waals surface area contributed by atoms with Crippen molar-refractivity contribution in [1.82, 2.24) is 18.7 Å². The summed E-state index contributed by atoms with van der Waals surface area (Å²) in [6.07, 6.45) is 6.60. The van der Waals surface area contributed by atoms with E-state index in [0.717, 1.165) is 101 Å². The van der Waals surface area contributed by atoms with Crippen molar-refractivity contribution >= 4 is 54.6 Å². The molecule has 0 fully saturated rings. The predicted molar refractivity (Wildman–Crippen MR) is 323 cm³/mol. The molecule has 13 rings (SSSR count). The Morgan fingerprint density at radius 2 is 1.15 bits per heavy atom. The molecular formula is C72H63N5O. The summed E-state index contributed by atoms with van der Waals surface area (Å²) in [6.45, 7) is 17.8. The van der Waals surface area contributed by atoms with Crippen LogP contribution in [0.25, 0.3) is 99.8 Å². The molecule has 0 saturated heterocycles. The zero-order chi connectivity index (χ0) is 57.8. The van der Waals surface area contributed by atoms with Crippen LogP contribution in [0.5, 0.6) is 11.5 Å². The van der Waals surface area contributed by atoms with Gasteiger partial charge in [0.25, 0.3) is 6.33 Å². The van der Waals surface area contributed by atoms with Gasteiger partial charge in [-0.15, -0.1) is 0 Å². The summed E-state index contributed by atoms with van der Waals surface area (Å²) in [5.74, 6) is 2.53. The normalized spacial score (nSPS) is 13.2. The minimum absolute atomic E-state index is 0.110. The van der Waals surface area contributed by atoms with Crippen molar-refractivity contribution in [3.63, 3.8) is 0 Å². The molecule has 9 aromatic carbocycles. The van der Waals surface area contributed by atoms with Crippen LogP contribution >= 0.6 is 0 Å². The molecule has 0 N–H and O–H groups in total. The maximum absolute atomic E-state index is 9.32. The molecule has 6 nitrogen and oxygen atoms in total. The van der Waals surface area contributed by atoms with Crippen molar-refractivity contribution in [2.24, 2.45) is 5.92 Å². The highest BCUT2D eigenvalue weighted by molar-refractivity contribution is 6.16. The van der Waals surface area contributed by atoms with E-state index in [-0.39, 0.29) is 28.5 Å². The minimum atomic E-state index is -0.443. The lowest BCUT2D eigenvalue weighted by molar-refractivity contribution is -0.571. The first-order valence-corrected chi connectivity index (χ1v) is 27.0. The molecule has 0 aliphatic heterocycles. The van der Waals surface area contributed by atoms with Gasteiger partial charge in [-0.1, -0.05) is 207 Å². The van der Waals surface area contributed by atoms with Gasteiger partial charge < -0.3 is 9.30 Å². The van der Waals surface area contributed by atoms with Gasteiger partial charge in [-0.3, -0.25) is 13.7 Å². The van der Waals surface area contributed by atoms with Gasteiger partial charge in [0.1, 0.15) is 17.3 Å². The van der Waals surface area contributed by atoms with Gasteiger partial charge in [-0.2, -0.15) is 0 Å². The number of fused-ring (bicyclic) bond motifs is 7. The highest BCUT2D eigenvalue weighted by Gasteiger charge is 2.26. The number of imidazole rings is 1. The summed E-state index contributed by atoms with van der Waals surface area (Å²) in [7, 11) is 0. The Morgan fingerprint density at radius 3 is 1.82 bits per heavy atom. The van der Waals surface area contributed by atoms with E-state index in [1.165, 1.54) is 5.56 Å². The van der Waals surface area contributed by atoms with E-state index in [9.17, 15) is 2.74 Å². The van der Waals surface area contributed by atoms with E-state index >= 15 is 0 Å². The van der Waals surface area contributed by atoms with Crippen molar-refractivity contribution in [2.45, 2.75) is 72.6 Å². The van der Waals surface area contributed by atoms with Gasteiger partial charge in [0, 0.05) is 39.9 Å². The Morgan fingerprint density at radius 1 is 0.551 bits per heavy atom. The molecule has 4 heterocycles. The van der Waals surface area contributed by atoms with Crippen LogP contribution in [-0.2, 0) is 17.3 Å². The Balaban J connectivity index is 1.03. The van der Waals surface area contributed by atoms with Gasteiger partial charge in [0.05, 0.1) is 57.0 Å². The van der Waals surface area contributed by atoms with Crippen LogP contribution in [-0.4, -0.2) is 18.7 Å². The highest BCUT2D eigenvalue weighted by Crippen LogP contribution is 2.44. The van der Waals surface area contributed by atoms with Crippen molar-refractivity contribution < 1.29 is 16.2 Å². The quantitative estimate of drug-likeness (QED) is 0.101. The number of rotatable bonds is 10. The first-order chi connectivity index (χ1) is 39.8. The lowest BCUT2D eigenvalue weighted by atomic mass is 9.78. The van der Waals surface area contributed by atoms with Gasteiger partial charge in [0.15, 0.2) is 0 Å². The standard InChI is InChI=1S/C72H63N5O/c1-47(2)38-48-36-37-73-68(39-48)77-63-33-17-14-28-60(63)69-66(76-61-31-15-12-26-58(61)59-27-13-16-32-62(59)76)44-55(45-67(69)77)78-54-25-20-24-53(43-54)74-46-75(65-35-19-18-34-64(65)74)70-56(49-22-10-9-11-23-49)29-21-30-57(70)50-40-51(71(3,4)5)42-52(41-50)72(6,7)8/h9-37,39-45,47H,38H2,1-8H3/i9D,10D,11D,22D,23D. The Labute approximate surface area is 464 Å². The first kappa shape index (κ1) is 43.1. The van der Waals surface area contributed by atoms with Crippen LogP contribution in [0.3, 0.4) is 0 Å². The Kier molecular flexibility index (Phi) is 10.5. The third-order valence-corrected chi connectivity index (χ3v) is 15.1. The molecule has 0 spiro atoms. The second-order valence-corrected chi connectivity index (χ2v) is 23.0. The molecule has 0 radical (unpaired) electrons. The molecule has 13 aromatic rings. The fourth-order valence-corrected chi connectivity index (χ4v) is 11.4. The van der Waals surface area contributed by atoms with E-state index in [1.807, 2.05) is 69.9 Å². The Hall–Kier alpha value is -9.00. The van der Waals surface area contributed by atoms with E-state index < -0.39 is 18.1 Å². The summed E-state index contributed by atoms with van der Waals surface area (Å²) in [4.78, 5) is 5.05. The Bertz CT molecular complexity index is 4650. The highest BCUT2D eigenvalue weighted by atomic mass is 16.5.